The molecule has 1 aliphatic rings. The molecule has 1 unspecified atom stereocenters. The van der Waals surface area contributed by atoms with Crippen LogP contribution in [0.4, 0.5) is 20.7 Å². The first-order valence-electron chi connectivity index (χ1n) is 8.00. The summed E-state index contributed by atoms with van der Waals surface area (Å²) in [7, 11) is 3.78. The lowest BCUT2D eigenvalue weighted by molar-refractivity contribution is 0.188. The van der Waals surface area contributed by atoms with Crippen LogP contribution in [0.2, 0.25) is 0 Å². The number of anilines is 2. The number of likely N-dealkylation sites (tertiary alicyclic amines) is 1. The Morgan fingerprint density at radius 2 is 2.00 bits per heavy atom. The Labute approximate surface area is 145 Å². The normalized spacial score (nSPS) is 16.6. The molecular weight excluding hydrogens is 325 g/mol. The van der Waals surface area contributed by atoms with E-state index in [0.29, 0.717) is 31.1 Å². The summed E-state index contributed by atoms with van der Waals surface area (Å²) in [6.07, 6.45) is 0.590. The molecule has 25 heavy (non-hydrogen) atoms. The zero-order valence-electron chi connectivity index (χ0n) is 14.1. The average Bonchev–Trinajstić information content (AvgIpc) is 3.06. The Bertz CT molecular complexity index is 721. The molecule has 1 fully saturated rings. The summed E-state index contributed by atoms with van der Waals surface area (Å²) in [6.45, 7) is 1.05. The SMILES string of the molecule is CN(C)c1ccc(OC2CCN(C(=O)Nc3ccc(F)cc3)C2)nn1. The third kappa shape index (κ3) is 4.34. The molecule has 8 heteroatoms. The lowest BCUT2D eigenvalue weighted by Crippen LogP contribution is -2.34. The van der Waals surface area contributed by atoms with Gasteiger partial charge in [-0.15, -0.1) is 10.2 Å². The Hall–Kier alpha value is -2.90. The molecule has 1 saturated heterocycles. The maximum atomic E-state index is 12.9. The summed E-state index contributed by atoms with van der Waals surface area (Å²) in [5, 5.41) is 10.9. The highest BCUT2D eigenvalue weighted by molar-refractivity contribution is 5.89. The molecule has 0 aliphatic carbocycles. The van der Waals surface area contributed by atoms with Crippen molar-refractivity contribution in [1.29, 1.82) is 0 Å². The quantitative estimate of drug-likeness (QED) is 0.921. The summed E-state index contributed by atoms with van der Waals surface area (Å²) in [5.74, 6) is 0.851. The number of ether oxygens (including phenoxy) is 1. The van der Waals surface area contributed by atoms with Crippen LogP contribution in [0.1, 0.15) is 6.42 Å². The first kappa shape index (κ1) is 16.9. The second-order valence-corrected chi connectivity index (χ2v) is 6.04. The molecule has 2 aromatic rings. The predicted octanol–water partition coefficient (Wildman–Crippen LogP) is 2.37. The average molecular weight is 345 g/mol. The number of amides is 2. The minimum Gasteiger partial charge on any atom is -0.471 e. The lowest BCUT2D eigenvalue weighted by atomic mass is 10.3. The maximum Gasteiger partial charge on any atom is 0.321 e. The first-order valence-corrected chi connectivity index (χ1v) is 8.00. The van der Waals surface area contributed by atoms with Gasteiger partial charge in [-0.1, -0.05) is 0 Å². The van der Waals surface area contributed by atoms with Gasteiger partial charge >= 0.3 is 6.03 Å². The van der Waals surface area contributed by atoms with Crippen LogP contribution >= 0.6 is 0 Å². The minimum absolute atomic E-state index is 0.126. The summed E-state index contributed by atoms with van der Waals surface area (Å²) >= 11 is 0. The molecule has 1 aliphatic heterocycles. The van der Waals surface area contributed by atoms with E-state index in [2.05, 4.69) is 15.5 Å². The molecule has 1 aromatic heterocycles. The van der Waals surface area contributed by atoms with Gasteiger partial charge in [0.15, 0.2) is 5.82 Å². The van der Waals surface area contributed by atoms with Crippen molar-refractivity contribution >= 4 is 17.5 Å². The number of nitrogens with one attached hydrogen (secondary N) is 1. The van der Waals surface area contributed by atoms with E-state index in [9.17, 15) is 9.18 Å². The first-order chi connectivity index (χ1) is 12.0. The number of rotatable bonds is 4. The van der Waals surface area contributed by atoms with Gasteiger partial charge in [-0.05, 0) is 30.3 Å². The van der Waals surface area contributed by atoms with E-state index in [1.54, 1.807) is 11.0 Å². The molecule has 3 rings (SSSR count). The van der Waals surface area contributed by atoms with E-state index in [4.69, 9.17) is 4.74 Å². The number of carbonyl (C=O) groups excluding carboxylic acids is 1. The van der Waals surface area contributed by atoms with Gasteiger partial charge in [0.2, 0.25) is 5.88 Å². The molecule has 0 bridgehead atoms. The van der Waals surface area contributed by atoms with Gasteiger partial charge in [-0.3, -0.25) is 0 Å². The molecule has 1 N–H and O–H groups in total. The number of hydrogen-bond donors (Lipinski definition) is 1. The van der Waals surface area contributed by atoms with Crippen molar-refractivity contribution in [1.82, 2.24) is 15.1 Å². The monoisotopic (exact) mass is 345 g/mol. The van der Waals surface area contributed by atoms with Crippen molar-refractivity contribution in [2.45, 2.75) is 12.5 Å². The Kier molecular flexibility index (Phi) is 4.97. The van der Waals surface area contributed by atoms with Gasteiger partial charge in [-0.2, -0.15) is 0 Å². The molecular formula is C17H20FN5O2. The Morgan fingerprint density at radius 3 is 2.64 bits per heavy atom. The van der Waals surface area contributed by atoms with Crippen molar-refractivity contribution in [3.63, 3.8) is 0 Å². The fraction of sp³-hybridized carbons (Fsp3) is 0.353. The zero-order valence-corrected chi connectivity index (χ0v) is 14.1. The number of urea groups is 1. The number of benzene rings is 1. The number of hydrogen-bond acceptors (Lipinski definition) is 5. The third-order valence-corrected chi connectivity index (χ3v) is 3.90. The summed E-state index contributed by atoms with van der Waals surface area (Å²) in [4.78, 5) is 15.8. The maximum absolute atomic E-state index is 12.9. The van der Waals surface area contributed by atoms with E-state index < -0.39 is 0 Å². The van der Waals surface area contributed by atoms with Crippen LogP contribution in [0.15, 0.2) is 36.4 Å². The van der Waals surface area contributed by atoms with Crippen LogP contribution in [0.5, 0.6) is 5.88 Å². The molecule has 132 valence electrons. The molecule has 2 heterocycles. The standard InChI is InChI=1S/C17H20FN5O2/c1-22(2)15-7-8-16(21-20-15)25-14-9-10-23(11-14)17(24)19-13-5-3-12(18)4-6-13/h3-8,14H,9-11H2,1-2H3,(H,19,24). The molecule has 7 nitrogen and oxygen atoms in total. The fourth-order valence-corrected chi connectivity index (χ4v) is 2.53. The van der Waals surface area contributed by atoms with E-state index in [-0.39, 0.29) is 18.0 Å². The van der Waals surface area contributed by atoms with E-state index in [1.807, 2.05) is 25.1 Å². The third-order valence-electron chi connectivity index (χ3n) is 3.90. The van der Waals surface area contributed by atoms with Crippen LogP contribution in [0.25, 0.3) is 0 Å². The smallest absolute Gasteiger partial charge is 0.321 e. The fourth-order valence-electron chi connectivity index (χ4n) is 2.53. The molecule has 1 aromatic carbocycles. The van der Waals surface area contributed by atoms with Crippen LogP contribution < -0.4 is 15.0 Å². The highest BCUT2D eigenvalue weighted by Crippen LogP contribution is 2.18. The topological polar surface area (TPSA) is 70.6 Å². The molecule has 0 saturated carbocycles. The van der Waals surface area contributed by atoms with Crippen LogP contribution in [-0.4, -0.2) is 54.4 Å². The van der Waals surface area contributed by atoms with Gasteiger partial charge in [0.05, 0.1) is 6.54 Å². The van der Waals surface area contributed by atoms with Gasteiger partial charge in [0, 0.05) is 38.8 Å². The van der Waals surface area contributed by atoms with Gasteiger partial charge in [-0.25, -0.2) is 9.18 Å². The molecule has 0 spiro atoms. The van der Waals surface area contributed by atoms with Gasteiger partial charge < -0.3 is 19.9 Å². The van der Waals surface area contributed by atoms with Gasteiger partial charge in [0.1, 0.15) is 11.9 Å². The largest absolute Gasteiger partial charge is 0.471 e. The molecule has 0 radical (unpaired) electrons. The van der Waals surface area contributed by atoms with Crippen molar-refractivity contribution < 1.29 is 13.9 Å². The minimum atomic E-state index is -0.339. The van der Waals surface area contributed by atoms with Crippen molar-refractivity contribution in [3.8, 4) is 5.88 Å². The number of carbonyl (C=O) groups is 1. The lowest BCUT2D eigenvalue weighted by Gasteiger charge is -2.18. The predicted molar refractivity (Wildman–Crippen MR) is 92.4 cm³/mol. The summed E-state index contributed by atoms with van der Waals surface area (Å²) < 4.78 is 18.7. The highest BCUT2D eigenvalue weighted by atomic mass is 19.1. The van der Waals surface area contributed by atoms with Crippen LogP contribution in [0, 0.1) is 5.82 Å². The summed E-state index contributed by atoms with van der Waals surface area (Å²) in [5.41, 5.74) is 0.556. The van der Waals surface area contributed by atoms with Crippen molar-refractivity contribution in [2.75, 3.05) is 37.4 Å². The van der Waals surface area contributed by atoms with Gasteiger partial charge in [0.25, 0.3) is 0 Å². The van der Waals surface area contributed by atoms with Crippen molar-refractivity contribution in [3.05, 3.63) is 42.2 Å². The van der Waals surface area contributed by atoms with E-state index in [1.165, 1.54) is 24.3 Å². The Balaban J connectivity index is 1.52. The second kappa shape index (κ2) is 7.33. The second-order valence-electron chi connectivity index (χ2n) is 6.04. The zero-order chi connectivity index (χ0) is 17.8. The molecule has 2 amide bonds. The van der Waals surface area contributed by atoms with E-state index >= 15 is 0 Å². The van der Waals surface area contributed by atoms with Crippen LogP contribution in [-0.2, 0) is 0 Å². The molecule has 1 atom stereocenters. The number of halogens is 1. The summed E-state index contributed by atoms with van der Waals surface area (Å²) in [6, 6.07) is 9.04. The van der Waals surface area contributed by atoms with Crippen LogP contribution in [0.3, 0.4) is 0 Å². The highest BCUT2D eigenvalue weighted by Gasteiger charge is 2.28. The number of aromatic nitrogens is 2. The van der Waals surface area contributed by atoms with E-state index in [0.717, 1.165) is 5.82 Å². The number of nitrogens with zero attached hydrogens (tertiary/aromatic N) is 4. The van der Waals surface area contributed by atoms with Crippen molar-refractivity contribution in [2.24, 2.45) is 0 Å². The Morgan fingerprint density at radius 1 is 1.24 bits per heavy atom.